The zero-order chi connectivity index (χ0) is 18.4. The van der Waals surface area contributed by atoms with Gasteiger partial charge >= 0.3 is 0 Å². The number of para-hydroxylation sites is 2. The quantitative estimate of drug-likeness (QED) is 0.757. The number of ether oxygens (including phenoxy) is 1. The van der Waals surface area contributed by atoms with E-state index in [1.807, 2.05) is 24.3 Å². The predicted molar refractivity (Wildman–Crippen MR) is 99.0 cm³/mol. The van der Waals surface area contributed by atoms with Crippen LogP contribution in [-0.2, 0) is 9.59 Å². The van der Waals surface area contributed by atoms with Gasteiger partial charge in [-0.1, -0.05) is 24.3 Å². The molecule has 0 radical (unpaired) electrons. The lowest BCUT2D eigenvalue weighted by atomic mass is 10.2. The van der Waals surface area contributed by atoms with Crippen LogP contribution in [0.1, 0.15) is 6.42 Å². The normalized spacial score (nSPS) is 13.3. The number of rotatable bonds is 7. The van der Waals surface area contributed by atoms with Crippen LogP contribution in [-0.4, -0.2) is 37.3 Å². The van der Waals surface area contributed by atoms with Crippen molar-refractivity contribution in [3.8, 4) is 5.75 Å². The number of nitrogens with one attached hydrogen (secondary N) is 1. The van der Waals surface area contributed by atoms with Gasteiger partial charge in [0, 0.05) is 11.4 Å². The molecule has 1 aliphatic rings. The molecule has 0 fully saturated rings. The van der Waals surface area contributed by atoms with Gasteiger partial charge in [-0.15, -0.1) is 11.8 Å². The van der Waals surface area contributed by atoms with Gasteiger partial charge in [0.2, 0.25) is 11.8 Å². The third-order valence-electron chi connectivity index (χ3n) is 3.85. The SMILES string of the molecule is O=C(CN1C(=O)CSc2ccccc21)NCCCOc1ccccc1F. The van der Waals surface area contributed by atoms with Crippen molar-refractivity contribution in [3.05, 3.63) is 54.3 Å². The lowest BCUT2D eigenvalue weighted by molar-refractivity contribution is -0.123. The molecule has 0 saturated carbocycles. The first-order valence-electron chi connectivity index (χ1n) is 8.31. The molecule has 7 heteroatoms. The van der Waals surface area contributed by atoms with E-state index in [0.717, 1.165) is 10.6 Å². The fourth-order valence-electron chi connectivity index (χ4n) is 2.57. The number of benzene rings is 2. The molecule has 5 nitrogen and oxygen atoms in total. The van der Waals surface area contributed by atoms with Gasteiger partial charge in [-0.2, -0.15) is 0 Å². The van der Waals surface area contributed by atoms with Crippen LogP contribution in [0, 0.1) is 5.82 Å². The molecular weight excluding hydrogens is 355 g/mol. The zero-order valence-corrected chi connectivity index (χ0v) is 14.9. The molecule has 0 bridgehead atoms. The molecular formula is C19H19FN2O3S. The van der Waals surface area contributed by atoms with Crippen LogP contribution >= 0.6 is 11.8 Å². The third-order valence-corrected chi connectivity index (χ3v) is 4.89. The van der Waals surface area contributed by atoms with Crippen LogP contribution in [0.2, 0.25) is 0 Å². The monoisotopic (exact) mass is 374 g/mol. The molecule has 0 saturated heterocycles. The molecule has 0 aromatic heterocycles. The highest BCUT2D eigenvalue weighted by molar-refractivity contribution is 8.00. The minimum absolute atomic E-state index is 0.00935. The van der Waals surface area contributed by atoms with E-state index in [1.165, 1.54) is 22.7 Å². The summed E-state index contributed by atoms with van der Waals surface area (Å²) in [5.41, 5.74) is 0.770. The minimum atomic E-state index is -0.406. The van der Waals surface area contributed by atoms with E-state index in [2.05, 4.69) is 5.32 Å². The molecule has 0 spiro atoms. The van der Waals surface area contributed by atoms with Crippen molar-refractivity contribution in [2.45, 2.75) is 11.3 Å². The summed E-state index contributed by atoms with van der Waals surface area (Å²) >= 11 is 1.48. The van der Waals surface area contributed by atoms with Crippen molar-refractivity contribution in [2.75, 3.05) is 30.3 Å². The summed E-state index contributed by atoms with van der Waals surface area (Å²) in [6, 6.07) is 13.7. The van der Waals surface area contributed by atoms with Gasteiger partial charge in [0.1, 0.15) is 6.54 Å². The van der Waals surface area contributed by atoms with Gasteiger partial charge in [0.05, 0.1) is 18.0 Å². The van der Waals surface area contributed by atoms with Crippen molar-refractivity contribution in [3.63, 3.8) is 0 Å². The van der Waals surface area contributed by atoms with Gasteiger partial charge < -0.3 is 15.0 Å². The van der Waals surface area contributed by atoms with Crippen molar-refractivity contribution >= 4 is 29.3 Å². The number of halogens is 1. The number of anilines is 1. The van der Waals surface area contributed by atoms with E-state index in [-0.39, 0.29) is 24.1 Å². The second-order valence-electron chi connectivity index (χ2n) is 5.72. The molecule has 2 amide bonds. The largest absolute Gasteiger partial charge is 0.490 e. The van der Waals surface area contributed by atoms with E-state index in [1.54, 1.807) is 18.2 Å². The van der Waals surface area contributed by atoms with Gasteiger partial charge in [0.25, 0.3) is 0 Å². The maximum atomic E-state index is 13.4. The van der Waals surface area contributed by atoms with Gasteiger partial charge in [-0.3, -0.25) is 9.59 Å². The Morgan fingerprint density at radius 2 is 1.96 bits per heavy atom. The number of carbonyl (C=O) groups is 2. The fourth-order valence-corrected chi connectivity index (χ4v) is 3.51. The number of amides is 2. The molecule has 0 aliphatic carbocycles. The lowest BCUT2D eigenvalue weighted by Gasteiger charge is -2.28. The molecule has 1 heterocycles. The Balaban J connectivity index is 1.43. The van der Waals surface area contributed by atoms with Crippen LogP contribution in [0.3, 0.4) is 0 Å². The highest BCUT2D eigenvalue weighted by Crippen LogP contribution is 2.34. The number of hydrogen-bond donors (Lipinski definition) is 1. The van der Waals surface area contributed by atoms with Crippen molar-refractivity contribution < 1.29 is 18.7 Å². The highest BCUT2D eigenvalue weighted by Gasteiger charge is 2.25. The molecule has 26 heavy (non-hydrogen) atoms. The zero-order valence-electron chi connectivity index (χ0n) is 14.1. The van der Waals surface area contributed by atoms with Crippen LogP contribution in [0.4, 0.5) is 10.1 Å². The average molecular weight is 374 g/mol. The minimum Gasteiger partial charge on any atom is -0.490 e. The van der Waals surface area contributed by atoms with Crippen LogP contribution in [0.5, 0.6) is 5.75 Å². The smallest absolute Gasteiger partial charge is 0.240 e. The number of thioether (sulfide) groups is 1. The number of carbonyl (C=O) groups excluding carboxylic acids is 2. The van der Waals surface area contributed by atoms with Crippen molar-refractivity contribution in [2.24, 2.45) is 0 Å². The van der Waals surface area contributed by atoms with Crippen molar-refractivity contribution in [1.82, 2.24) is 5.32 Å². The van der Waals surface area contributed by atoms with E-state index in [0.29, 0.717) is 25.3 Å². The first kappa shape index (κ1) is 18.3. The summed E-state index contributed by atoms with van der Waals surface area (Å²) < 4.78 is 18.8. The Labute approximate surface area is 155 Å². The molecule has 0 unspecified atom stereocenters. The molecule has 3 rings (SSSR count). The summed E-state index contributed by atoms with van der Waals surface area (Å²) in [6.45, 7) is 0.680. The van der Waals surface area contributed by atoms with E-state index in [9.17, 15) is 14.0 Å². The Morgan fingerprint density at radius 3 is 2.81 bits per heavy atom. The van der Waals surface area contributed by atoms with Crippen molar-refractivity contribution in [1.29, 1.82) is 0 Å². The van der Waals surface area contributed by atoms with Gasteiger partial charge in [0.15, 0.2) is 11.6 Å². The summed E-state index contributed by atoms with van der Waals surface area (Å²) in [4.78, 5) is 26.8. The van der Waals surface area contributed by atoms with Gasteiger partial charge in [-0.25, -0.2) is 4.39 Å². The average Bonchev–Trinajstić information content (AvgIpc) is 2.65. The Hall–Kier alpha value is -2.54. The number of hydrogen-bond acceptors (Lipinski definition) is 4. The molecule has 136 valence electrons. The maximum absolute atomic E-state index is 13.4. The fraction of sp³-hybridized carbons (Fsp3) is 0.263. The third kappa shape index (κ3) is 4.54. The summed E-state index contributed by atoms with van der Waals surface area (Å²) in [5, 5.41) is 2.77. The van der Waals surface area contributed by atoms with Crippen LogP contribution in [0.15, 0.2) is 53.4 Å². The second kappa shape index (κ2) is 8.71. The van der Waals surface area contributed by atoms with E-state index >= 15 is 0 Å². The summed E-state index contributed by atoms with van der Waals surface area (Å²) in [6.07, 6.45) is 0.542. The first-order valence-corrected chi connectivity index (χ1v) is 9.30. The molecule has 1 aliphatic heterocycles. The summed E-state index contributed by atoms with van der Waals surface area (Å²) in [7, 11) is 0. The van der Waals surface area contributed by atoms with Crippen LogP contribution < -0.4 is 15.0 Å². The molecule has 1 N–H and O–H groups in total. The maximum Gasteiger partial charge on any atom is 0.240 e. The number of fused-ring (bicyclic) bond motifs is 1. The Morgan fingerprint density at radius 1 is 1.19 bits per heavy atom. The summed E-state index contributed by atoms with van der Waals surface area (Å²) in [5.74, 6) is -0.179. The standard InChI is InChI=1S/C19H19FN2O3S/c20-14-6-1-3-8-16(14)25-11-5-10-21-18(23)12-22-15-7-2-4-9-17(15)26-13-19(22)24/h1-4,6-9H,5,10-13H2,(H,21,23). The second-order valence-corrected chi connectivity index (χ2v) is 6.74. The molecule has 0 atom stereocenters. The molecule has 2 aromatic carbocycles. The van der Waals surface area contributed by atoms with E-state index < -0.39 is 5.82 Å². The van der Waals surface area contributed by atoms with E-state index in [4.69, 9.17) is 4.74 Å². The van der Waals surface area contributed by atoms with Crippen LogP contribution in [0.25, 0.3) is 0 Å². The molecule has 2 aromatic rings. The highest BCUT2D eigenvalue weighted by atomic mass is 32.2. The Kier molecular flexibility index (Phi) is 6.12. The first-order chi connectivity index (χ1) is 12.6. The van der Waals surface area contributed by atoms with Gasteiger partial charge in [-0.05, 0) is 30.7 Å². The number of nitrogens with zero attached hydrogens (tertiary/aromatic N) is 1. The predicted octanol–water partition coefficient (Wildman–Crippen LogP) is 2.85. The lowest BCUT2D eigenvalue weighted by Crippen LogP contribution is -2.43. The Bertz CT molecular complexity index is 800. The topological polar surface area (TPSA) is 58.6 Å².